The lowest BCUT2D eigenvalue weighted by atomic mass is 10.4. The molecule has 4 heteroatoms. The molecule has 1 heterocycles. The summed E-state index contributed by atoms with van der Waals surface area (Å²) < 4.78 is 56.5. The second-order valence-corrected chi connectivity index (χ2v) is 1.42. The van der Waals surface area contributed by atoms with Crippen LogP contribution in [0.25, 0.3) is 0 Å². The van der Waals surface area contributed by atoms with Crippen molar-refractivity contribution in [1.82, 2.24) is 4.90 Å². The van der Waals surface area contributed by atoms with Crippen molar-refractivity contribution in [3.8, 4) is 0 Å². The van der Waals surface area contributed by atoms with Crippen LogP contribution in [0.2, 0.25) is 0 Å². The smallest absolute Gasteiger partial charge is 0.229 e. The molecule has 0 atom stereocenters. The second-order valence-electron chi connectivity index (χ2n) is 1.42. The molecular formula is C6H9NO3. The van der Waals surface area contributed by atoms with E-state index in [2.05, 4.69) is 0 Å². The first-order chi connectivity index (χ1) is 7.69. The van der Waals surface area contributed by atoms with Gasteiger partial charge in [-0.3, -0.25) is 14.5 Å². The third-order valence-corrected chi connectivity index (χ3v) is 0.844. The highest BCUT2D eigenvalue weighted by Crippen LogP contribution is 2.09. The molecule has 56 valence electrons. The zero-order valence-electron chi connectivity index (χ0n) is 12.7. The molecule has 0 aliphatic carbocycles. The fraction of sp³-hybridized carbons (Fsp3) is 0.667. The maximum absolute atomic E-state index is 11.5. The highest BCUT2D eigenvalue weighted by atomic mass is 16.3. The molecule has 1 aliphatic rings. The summed E-state index contributed by atoms with van der Waals surface area (Å²) in [7, 11) is 0. The average Bonchev–Trinajstić information content (AvgIpc) is 2.24. The molecule has 0 aromatic rings. The molecule has 4 nitrogen and oxygen atoms in total. The number of carbonyl (C=O) groups excluding carboxylic acids is 2. The molecule has 0 aromatic carbocycles. The third kappa shape index (κ3) is 1.16. The number of carbonyl (C=O) groups is 2. The van der Waals surface area contributed by atoms with Crippen LogP contribution in [-0.4, -0.2) is 34.9 Å². The van der Waals surface area contributed by atoms with Gasteiger partial charge in [0.1, 0.15) is 0 Å². The Labute approximate surface area is 69.7 Å². The van der Waals surface area contributed by atoms with Crippen molar-refractivity contribution < 1.29 is 25.7 Å². The largest absolute Gasteiger partial charge is 0.395 e. The van der Waals surface area contributed by atoms with Crippen LogP contribution in [0.1, 0.15) is 23.7 Å². The van der Waals surface area contributed by atoms with E-state index in [1.807, 2.05) is 0 Å². The molecule has 10 heavy (non-hydrogen) atoms. The summed E-state index contributed by atoms with van der Waals surface area (Å²) in [6.07, 6.45) is -6.66. The minimum absolute atomic E-state index is 0.549. The molecule has 0 bridgehead atoms. The second kappa shape index (κ2) is 2.79. The predicted molar refractivity (Wildman–Crippen MR) is 33.0 cm³/mol. The maximum Gasteiger partial charge on any atom is 0.229 e. The van der Waals surface area contributed by atoms with Gasteiger partial charge in [-0.15, -0.1) is 0 Å². The topological polar surface area (TPSA) is 57.6 Å². The van der Waals surface area contributed by atoms with Crippen LogP contribution in [0.15, 0.2) is 0 Å². The van der Waals surface area contributed by atoms with Gasteiger partial charge < -0.3 is 5.11 Å². The van der Waals surface area contributed by atoms with Crippen molar-refractivity contribution in [2.75, 3.05) is 13.1 Å². The molecule has 0 saturated carbocycles. The lowest BCUT2D eigenvalue weighted by Crippen LogP contribution is -2.31. The fourth-order valence-corrected chi connectivity index (χ4v) is 0.463. The summed E-state index contributed by atoms with van der Waals surface area (Å²) >= 11 is 0. The van der Waals surface area contributed by atoms with Gasteiger partial charge in [0.2, 0.25) is 11.8 Å². The van der Waals surface area contributed by atoms with Crippen LogP contribution < -0.4 is 0 Å². The lowest BCUT2D eigenvalue weighted by molar-refractivity contribution is -0.138. The zero-order chi connectivity index (χ0) is 14.7. The van der Waals surface area contributed by atoms with Crippen molar-refractivity contribution >= 4 is 11.8 Å². The van der Waals surface area contributed by atoms with Crippen LogP contribution in [-0.2, 0) is 9.59 Å². The van der Waals surface area contributed by atoms with Gasteiger partial charge in [0.05, 0.1) is 18.5 Å². The normalized spacial score (nSPS) is 43.5. The molecule has 1 N–H and O–H groups in total. The Morgan fingerprint density at radius 1 is 1.60 bits per heavy atom. The molecular weight excluding hydrogens is 134 g/mol. The summed E-state index contributed by atoms with van der Waals surface area (Å²) in [5.74, 6) is -3.75. The molecule has 0 aromatic heterocycles. The van der Waals surface area contributed by atoms with E-state index in [-0.39, 0.29) is 0 Å². The summed E-state index contributed by atoms with van der Waals surface area (Å²) in [5.41, 5.74) is 0. The van der Waals surface area contributed by atoms with Gasteiger partial charge in [-0.1, -0.05) is 0 Å². The third-order valence-electron chi connectivity index (χ3n) is 0.844. The zero-order valence-corrected chi connectivity index (χ0v) is 4.71. The van der Waals surface area contributed by atoms with E-state index in [1.165, 1.54) is 0 Å². The maximum atomic E-state index is 11.5. The van der Waals surface area contributed by atoms with Crippen LogP contribution in [0, 0.1) is 0 Å². The number of aliphatic hydroxyl groups is 1. The highest BCUT2D eigenvalue weighted by molar-refractivity contribution is 6.01. The summed E-state index contributed by atoms with van der Waals surface area (Å²) in [4.78, 5) is 22.5. The summed E-state index contributed by atoms with van der Waals surface area (Å²) in [5, 5.41) is 8.95. The minimum atomic E-state index is -3.66. The standard InChI is InChI=1S/C6H9NO3/c8-4-3-7-5(9)1-2-6(7)10/h8H,1-4H2/i1D2,2D2,3D2,4D2. The highest BCUT2D eigenvalue weighted by Gasteiger charge is 2.27. The lowest BCUT2D eigenvalue weighted by Gasteiger charge is -2.10. The Morgan fingerprint density at radius 2 is 2.10 bits per heavy atom. The van der Waals surface area contributed by atoms with E-state index in [1.54, 1.807) is 0 Å². The van der Waals surface area contributed by atoms with Gasteiger partial charge in [0, 0.05) is 18.2 Å². The van der Waals surface area contributed by atoms with Gasteiger partial charge in [-0.05, 0) is 0 Å². The van der Waals surface area contributed by atoms with E-state index in [4.69, 9.17) is 16.1 Å². The van der Waals surface area contributed by atoms with Crippen molar-refractivity contribution in [3.05, 3.63) is 0 Å². The van der Waals surface area contributed by atoms with Gasteiger partial charge in [-0.2, -0.15) is 0 Å². The molecule has 1 aliphatic heterocycles. The van der Waals surface area contributed by atoms with Crippen LogP contribution in [0.3, 0.4) is 0 Å². The number of likely N-dealkylation sites (tertiary alicyclic amines) is 1. The minimum Gasteiger partial charge on any atom is -0.395 e. The number of nitrogens with zero attached hydrogens (tertiary/aromatic N) is 1. The van der Waals surface area contributed by atoms with E-state index >= 15 is 0 Å². The van der Waals surface area contributed by atoms with Crippen molar-refractivity contribution in [3.63, 3.8) is 0 Å². The Kier molecular flexibility index (Phi) is 0.569. The van der Waals surface area contributed by atoms with Gasteiger partial charge in [-0.25, -0.2) is 0 Å². The van der Waals surface area contributed by atoms with Crippen LogP contribution in [0.5, 0.6) is 0 Å². The Morgan fingerprint density at radius 3 is 2.50 bits per heavy atom. The number of β-amino-alcohol motifs (C(OH)–C–C–N with tert-alkyl or cyclic N) is 1. The first-order valence-electron chi connectivity index (χ1n) is 6.30. The first-order valence-corrected chi connectivity index (χ1v) is 2.30. The van der Waals surface area contributed by atoms with Crippen molar-refractivity contribution in [1.29, 1.82) is 0 Å². The van der Waals surface area contributed by atoms with E-state index in [0.29, 0.717) is 0 Å². The van der Waals surface area contributed by atoms with Gasteiger partial charge in [0.25, 0.3) is 0 Å². The SMILES string of the molecule is [2H]C([2H])(O)C([2H])([2H])N1C(=O)C([2H])([2H])C([2H])([2H])C1=O. The average molecular weight is 151 g/mol. The van der Waals surface area contributed by atoms with Crippen molar-refractivity contribution in [2.24, 2.45) is 0 Å². The number of amides is 2. The molecule has 1 rings (SSSR count). The van der Waals surface area contributed by atoms with E-state index < -0.39 is 42.5 Å². The van der Waals surface area contributed by atoms with Crippen LogP contribution >= 0.6 is 0 Å². The molecule has 1 fully saturated rings. The monoisotopic (exact) mass is 151 g/mol. The van der Waals surface area contributed by atoms with Gasteiger partial charge in [0.15, 0.2) is 0 Å². The summed E-state index contributed by atoms with van der Waals surface area (Å²) in [6.45, 7) is -7.24. The van der Waals surface area contributed by atoms with E-state index in [9.17, 15) is 9.59 Å². The number of imide groups is 1. The Bertz CT molecular complexity index is 388. The number of hydrogen-bond donors (Lipinski definition) is 1. The fourth-order valence-electron chi connectivity index (χ4n) is 0.463. The Hall–Kier alpha value is -0.900. The van der Waals surface area contributed by atoms with Crippen molar-refractivity contribution in [2.45, 2.75) is 12.7 Å². The van der Waals surface area contributed by atoms with Crippen LogP contribution in [0.4, 0.5) is 0 Å². The quantitative estimate of drug-likeness (QED) is 0.522. The first kappa shape index (κ1) is 2.04. The molecule has 1 saturated heterocycles. The molecule has 0 radical (unpaired) electrons. The number of rotatable bonds is 2. The van der Waals surface area contributed by atoms with E-state index in [0.717, 1.165) is 0 Å². The van der Waals surface area contributed by atoms with Gasteiger partial charge >= 0.3 is 0 Å². The summed E-state index contributed by atoms with van der Waals surface area (Å²) in [6, 6.07) is 0. The molecule has 0 spiro atoms. The number of hydrogen-bond acceptors (Lipinski definition) is 3. The molecule has 2 amide bonds. The Balaban J connectivity index is 3.39. The predicted octanol–water partition coefficient (Wildman–Crippen LogP) is -0.872. The molecule has 0 unspecified atom stereocenters.